The quantitative estimate of drug-likeness (QED) is 0.578. The molecule has 0 radical (unpaired) electrons. The molecule has 0 saturated heterocycles. The van der Waals surface area contributed by atoms with E-state index in [0.29, 0.717) is 16.3 Å². The summed E-state index contributed by atoms with van der Waals surface area (Å²) in [6, 6.07) is 10.1. The third-order valence-corrected chi connectivity index (χ3v) is 3.50. The van der Waals surface area contributed by atoms with Gasteiger partial charge in [0, 0.05) is 15.6 Å². The van der Waals surface area contributed by atoms with E-state index in [1.165, 1.54) is 12.1 Å². The monoisotopic (exact) mass is 355 g/mol. The van der Waals surface area contributed by atoms with E-state index >= 15 is 0 Å². The number of hydrogen-bond acceptors (Lipinski definition) is 3. The largest absolute Gasteiger partial charge is 0.488 e. The summed E-state index contributed by atoms with van der Waals surface area (Å²) >= 11 is 9.24. The molecule has 6 heteroatoms. The van der Waals surface area contributed by atoms with Gasteiger partial charge in [0.25, 0.3) is 5.69 Å². The van der Waals surface area contributed by atoms with Crippen LogP contribution in [0.3, 0.4) is 0 Å². The molecule has 0 aliphatic heterocycles. The minimum atomic E-state index is -0.442. The molecular formula is C14H11BrClNO3. The van der Waals surface area contributed by atoms with E-state index in [4.69, 9.17) is 16.3 Å². The van der Waals surface area contributed by atoms with Gasteiger partial charge in [-0.2, -0.15) is 0 Å². The lowest BCUT2D eigenvalue weighted by molar-refractivity contribution is -0.385. The molecule has 0 amide bonds. The Morgan fingerprint density at radius 3 is 2.75 bits per heavy atom. The second-order valence-corrected chi connectivity index (χ2v) is 5.58. The summed E-state index contributed by atoms with van der Waals surface area (Å²) < 4.78 is 6.54. The van der Waals surface area contributed by atoms with Gasteiger partial charge in [-0.15, -0.1) is 0 Å². The highest BCUT2D eigenvalue weighted by atomic mass is 79.9. The fourth-order valence-corrected chi connectivity index (χ4v) is 2.27. The number of rotatable bonds is 4. The molecule has 0 heterocycles. The summed E-state index contributed by atoms with van der Waals surface area (Å²) in [5.74, 6) is 0.675. The van der Waals surface area contributed by atoms with Gasteiger partial charge in [0.05, 0.1) is 10.5 Å². The number of nitro benzene ring substituents is 1. The molecule has 0 atom stereocenters. The molecule has 0 unspecified atom stereocenters. The van der Waals surface area contributed by atoms with Crippen molar-refractivity contribution in [3.63, 3.8) is 0 Å². The van der Waals surface area contributed by atoms with Gasteiger partial charge in [0.2, 0.25) is 0 Å². The van der Waals surface area contributed by atoms with Crippen LogP contribution in [0, 0.1) is 17.0 Å². The molecule has 4 nitrogen and oxygen atoms in total. The van der Waals surface area contributed by atoms with Gasteiger partial charge in [-0.25, -0.2) is 0 Å². The van der Waals surface area contributed by atoms with Crippen molar-refractivity contribution in [2.45, 2.75) is 13.5 Å². The van der Waals surface area contributed by atoms with Crippen molar-refractivity contribution < 1.29 is 9.66 Å². The van der Waals surface area contributed by atoms with Crippen molar-refractivity contribution in [2.24, 2.45) is 0 Å². The molecule has 2 rings (SSSR count). The van der Waals surface area contributed by atoms with Gasteiger partial charge in [-0.3, -0.25) is 10.1 Å². The molecule has 0 saturated carbocycles. The Kier molecular flexibility index (Phi) is 4.62. The molecule has 0 aliphatic carbocycles. The molecule has 104 valence electrons. The number of nitrogens with zero attached hydrogens (tertiary/aromatic N) is 1. The van der Waals surface area contributed by atoms with Crippen LogP contribution in [-0.4, -0.2) is 4.92 Å². The van der Waals surface area contributed by atoms with Crippen molar-refractivity contribution in [1.82, 2.24) is 0 Å². The third kappa shape index (κ3) is 3.49. The fourth-order valence-electron chi connectivity index (χ4n) is 1.73. The number of benzene rings is 2. The Labute approximate surface area is 129 Å². The van der Waals surface area contributed by atoms with Crippen LogP contribution in [0.15, 0.2) is 40.9 Å². The van der Waals surface area contributed by atoms with Crippen molar-refractivity contribution in [3.05, 3.63) is 67.1 Å². The Morgan fingerprint density at radius 2 is 2.05 bits per heavy atom. The first kappa shape index (κ1) is 14.8. The lowest BCUT2D eigenvalue weighted by atomic mass is 10.2. The zero-order valence-corrected chi connectivity index (χ0v) is 12.9. The third-order valence-electron chi connectivity index (χ3n) is 2.77. The van der Waals surface area contributed by atoms with Crippen molar-refractivity contribution in [3.8, 4) is 5.75 Å². The van der Waals surface area contributed by atoms with E-state index in [1.807, 2.05) is 25.1 Å². The topological polar surface area (TPSA) is 52.4 Å². The van der Waals surface area contributed by atoms with E-state index < -0.39 is 4.92 Å². The molecular weight excluding hydrogens is 346 g/mol. The molecule has 0 spiro atoms. The maximum Gasteiger partial charge on any atom is 0.276 e. The number of hydrogen-bond donors (Lipinski definition) is 0. The Morgan fingerprint density at radius 1 is 1.30 bits per heavy atom. The predicted molar refractivity (Wildman–Crippen MR) is 81.3 cm³/mol. The van der Waals surface area contributed by atoms with E-state index in [-0.39, 0.29) is 12.3 Å². The SMILES string of the molecule is Cc1ccc(Br)cc1OCc1cc(Cl)ccc1[N+](=O)[O-]. The highest BCUT2D eigenvalue weighted by molar-refractivity contribution is 9.10. The van der Waals surface area contributed by atoms with Gasteiger partial charge in [-0.1, -0.05) is 33.6 Å². The van der Waals surface area contributed by atoms with E-state index in [1.54, 1.807) is 6.07 Å². The minimum absolute atomic E-state index is 0.00190. The summed E-state index contributed by atoms with van der Waals surface area (Å²) in [6.45, 7) is 2.00. The zero-order valence-electron chi connectivity index (χ0n) is 10.6. The molecule has 2 aromatic carbocycles. The van der Waals surface area contributed by atoms with Gasteiger partial charge in [0.15, 0.2) is 0 Å². The van der Waals surface area contributed by atoms with Crippen LogP contribution < -0.4 is 4.74 Å². The van der Waals surface area contributed by atoms with Crippen LogP contribution in [0.5, 0.6) is 5.75 Å². The first-order valence-corrected chi connectivity index (χ1v) is 6.96. The Bertz CT molecular complexity index is 661. The molecule has 0 N–H and O–H groups in total. The lowest BCUT2D eigenvalue weighted by Gasteiger charge is -2.10. The standard InChI is InChI=1S/C14H11BrClNO3/c1-9-2-3-11(15)7-14(9)20-8-10-6-12(16)4-5-13(10)17(18)19/h2-7H,8H2,1H3. The van der Waals surface area contributed by atoms with Gasteiger partial charge in [-0.05, 0) is 36.8 Å². The smallest absolute Gasteiger partial charge is 0.276 e. The number of nitro groups is 1. The lowest BCUT2D eigenvalue weighted by Crippen LogP contribution is -2.01. The van der Waals surface area contributed by atoms with Crippen LogP contribution in [-0.2, 0) is 6.61 Å². The maximum absolute atomic E-state index is 11.0. The summed E-state index contributed by atoms with van der Waals surface area (Å²) in [5, 5.41) is 11.4. The normalized spacial score (nSPS) is 10.3. The van der Waals surface area contributed by atoms with E-state index in [0.717, 1.165) is 10.0 Å². The van der Waals surface area contributed by atoms with Crippen LogP contribution in [0.25, 0.3) is 0 Å². The average molecular weight is 357 g/mol. The van der Waals surface area contributed by atoms with Crippen LogP contribution >= 0.6 is 27.5 Å². The first-order valence-electron chi connectivity index (χ1n) is 5.79. The first-order chi connectivity index (χ1) is 9.47. The van der Waals surface area contributed by atoms with Crippen LogP contribution in [0.4, 0.5) is 5.69 Å². The van der Waals surface area contributed by atoms with E-state index in [9.17, 15) is 10.1 Å². The summed E-state index contributed by atoms with van der Waals surface area (Å²) in [5.41, 5.74) is 1.40. The average Bonchev–Trinajstić information content (AvgIpc) is 2.39. The van der Waals surface area contributed by atoms with Gasteiger partial charge >= 0.3 is 0 Å². The zero-order chi connectivity index (χ0) is 14.7. The number of halogens is 2. The molecule has 0 aliphatic rings. The maximum atomic E-state index is 11.0. The molecule has 0 aromatic heterocycles. The summed E-state index contributed by atoms with van der Waals surface area (Å²) in [7, 11) is 0. The molecule has 0 bridgehead atoms. The molecule has 20 heavy (non-hydrogen) atoms. The summed E-state index contributed by atoms with van der Waals surface area (Å²) in [6.07, 6.45) is 0. The van der Waals surface area contributed by atoms with Gasteiger partial charge in [0.1, 0.15) is 12.4 Å². The van der Waals surface area contributed by atoms with Crippen molar-refractivity contribution in [2.75, 3.05) is 0 Å². The molecule has 2 aromatic rings. The minimum Gasteiger partial charge on any atom is -0.488 e. The predicted octanol–water partition coefficient (Wildman–Crippen LogP) is 4.90. The van der Waals surface area contributed by atoms with E-state index in [2.05, 4.69) is 15.9 Å². The van der Waals surface area contributed by atoms with Crippen LogP contribution in [0.2, 0.25) is 5.02 Å². The highest BCUT2D eigenvalue weighted by Crippen LogP contribution is 2.27. The Hall–Kier alpha value is -1.59. The second-order valence-electron chi connectivity index (χ2n) is 4.23. The fraction of sp³-hybridized carbons (Fsp3) is 0.143. The molecule has 0 fully saturated rings. The van der Waals surface area contributed by atoms with Crippen LogP contribution in [0.1, 0.15) is 11.1 Å². The second kappa shape index (κ2) is 6.24. The number of aryl methyl sites for hydroxylation is 1. The van der Waals surface area contributed by atoms with Crippen molar-refractivity contribution in [1.29, 1.82) is 0 Å². The summed E-state index contributed by atoms with van der Waals surface area (Å²) in [4.78, 5) is 10.5. The van der Waals surface area contributed by atoms with Gasteiger partial charge < -0.3 is 4.74 Å². The Balaban J connectivity index is 2.24. The highest BCUT2D eigenvalue weighted by Gasteiger charge is 2.14. The number of ether oxygens (including phenoxy) is 1. The van der Waals surface area contributed by atoms with Crippen molar-refractivity contribution >= 4 is 33.2 Å².